The van der Waals surface area contributed by atoms with Crippen LogP contribution in [0.5, 0.6) is 5.75 Å². The van der Waals surface area contributed by atoms with Crippen molar-refractivity contribution in [3.63, 3.8) is 0 Å². The number of barbiturate groups is 1. The summed E-state index contributed by atoms with van der Waals surface area (Å²) in [6, 6.07) is 7.94. The summed E-state index contributed by atoms with van der Waals surface area (Å²) in [4.78, 5) is 48.9. The summed E-state index contributed by atoms with van der Waals surface area (Å²) in [6.07, 6.45) is 1.17. The number of imide groups is 2. The van der Waals surface area contributed by atoms with Gasteiger partial charge >= 0.3 is 6.03 Å². The number of anilines is 1. The maximum atomic E-state index is 13.2. The first-order valence-electron chi connectivity index (χ1n) is 8.14. The van der Waals surface area contributed by atoms with Gasteiger partial charge in [-0.25, -0.2) is 14.1 Å². The highest BCUT2D eigenvalue weighted by molar-refractivity contribution is 6.39. The van der Waals surface area contributed by atoms with Gasteiger partial charge in [0.05, 0.1) is 5.69 Å². The number of nitrogens with zero attached hydrogens (tertiary/aromatic N) is 1. The average molecular weight is 418 g/mol. The van der Waals surface area contributed by atoms with Crippen LogP contribution in [0.15, 0.2) is 48.0 Å². The lowest BCUT2D eigenvalue weighted by Crippen LogP contribution is -2.54. The number of carbonyl (C=O) groups excluding carboxylic acids is 4. The predicted molar refractivity (Wildman–Crippen MR) is 102 cm³/mol. The number of hydrogen-bond donors (Lipinski definition) is 2. The van der Waals surface area contributed by atoms with Crippen molar-refractivity contribution in [2.45, 2.75) is 0 Å². The first-order valence-corrected chi connectivity index (χ1v) is 8.52. The third kappa shape index (κ3) is 4.41. The number of urea groups is 1. The fourth-order valence-corrected chi connectivity index (χ4v) is 2.73. The van der Waals surface area contributed by atoms with Crippen molar-refractivity contribution in [1.29, 1.82) is 0 Å². The van der Waals surface area contributed by atoms with Gasteiger partial charge in [0.15, 0.2) is 6.61 Å². The maximum Gasteiger partial charge on any atom is 0.335 e. The third-order valence-corrected chi connectivity index (χ3v) is 4.06. The molecular formula is C19H13ClFN3O5. The number of amides is 5. The van der Waals surface area contributed by atoms with E-state index in [0.29, 0.717) is 4.90 Å². The molecule has 3 N–H and O–H groups in total. The molecule has 3 rings (SSSR count). The van der Waals surface area contributed by atoms with Crippen molar-refractivity contribution in [3.05, 3.63) is 64.4 Å². The van der Waals surface area contributed by atoms with Crippen LogP contribution in [0.2, 0.25) is 5.02 Å². The molecule has 0 atom stereocenters. The number of ether oxygens (including phenoxy) is 1. The lowest BCUT2D eigenvalue weighted by molar-refractivity contribution is -0.123. The predicted octanol–water partition coefficient (Wildman–Crippen LogP) is 2.01. The van der Waals surface area contributed by atoms with E-state index in [0.717, 1.165) is 12.1 Å². The van der Waals surface area contributed by atoms with Crippen molar-refractivity contribution < 1.29 is 28.3 Å². The molecule has 5 amide bonds. The highest BCUT2D eigenvalue weighted by atomic mass is 35.5. The molecule has 0 spiro atoms. The van der Waals surface area contributed by atoms with Crippen molar-refractivity contribution in [3.8, 4) is 5.75 Å². The molecule has 1 aliphatic heterocycles. The van der Waals surface area contributed by atoms with Gasteiger partial charge < -0.3 is 10.5 Å². The van der Waals surface area contributed by atoms with E-state index in [9.17, 15) is 23.6 Å². The Morgan fingerprint density at radius 2 is 1.86 bits per heavy atom. The van der Waals surface area contributed by atoms with E-state index in [-0.39, 0.29) is 27.6 Å². The smallest absolute Gasteiger partial charge is 0.335 e. The van der Waals surface area contributed by atoms with Gasteiger partial charge in [0.2, 0.25) is 0 Å². The summed E-state index contributed by atoms with van der Waals surface area (Å²) in [5, 5.41) is 2.32. The van der Waals surface area contributed by atoms with E-state index >= 15 is 0 Å². The summed E-state index contributed by atoms with van der Waals surface area (Å²) in [5.74, 6) is -2.99. The molecule has 0 bridgehead atoms. The van der Waals surface area contributed by atoms with Gasteiger partial charge in [-0.15, -0.1) is 0 Å². The van der Waals surface area contributed by atoms with Gasteiger partial charge in [0.25, 0.3) is 17.7 Å². The molecule has 0 saturated carbocycles. The number of primary amides is 1. The lowest BCUT2D eigenvalue weighted by atomic mass is 10.1. The molecule has 29 heavy (non-hydrogen) atoms. The number of halogens is 2. The average Bonchev–Trinajstić information content (AvgIpc) is 2.65. The van der Waals surface area contributed by atoms with Crippen LogP contribution in [-0.2, 0) is 14.4 Å². The molecule has 1 heterocycles. The van der Waals surface area contributed by atoms with Crippen LogP contribution in [0, 0.1) is 5.82 Å². The summed E-state index contributed by atoms with van der Waals surface area (Å²) < 4.78 is 18.4. The molecule has 0 unspecified atom stereocenters. The molecule has 148 valence electrons. The Labute approximate surface area is 168 Å². The van der Waals surface area contributed by atoms with E-state index in [1.807, 2.05) is 5.32 Å². The molecule has 10 heteroatoms. The Balaban J connectivity index is 2.01. The second-order valence-corrected chi connectivity index (χ2v) is 6.31. The first-order chi connectivity index (χ1) is 13.8. The SMILES string of the molecule is NC(=O)COc1ccc(Cl)cc1/C=C1\C(=O)NC(=O)N(c2ccc(F)cc2)C1=O. The van der Waals surface area contributed by atoms with Crippen LogP contribution >= 0.6 is 11.6 Å². The van der Waals surface area contributed by atoms with Crippen LogP contribution in [-0.4, -0.2) is 30.4 Å². The number of nitrogens with one attached hydrogen (secondary N) is 1. The van der Waals surface area contributed by atoms with Gasteiger partial charge in [-0.2, -0.15) is 0 Å². The quantitative estimate of drug-likeness (QED) is 0.569. The van der Waals surface area contributed by atoms with Gasteiger partial charge in [0, 0.05) is 10.6 Å². The summed E-state index contributed by atoms with van der Waals surface area (Å²) in [7, 11) is 0. The molecule has 0 aromatic heterocycles. The third-order valence-electron chi connectivity index (χ3n) is 3.83. The molecule has 2 aromatic rings. The Morgan fingerprint density at radius 1 is 1.17 bits per heavy atom. The zero-order chi connectivity index (χ0) is 21.1. The molecule has 1 fully saturated rings. The summed E-state index contributed by atoms with van der Waals surface area (Å²) in [6.45, 7) is -0.432. The Morgan fingerprint density at radius 3 is 2.52 bits per heavy atom. The van der Waals surface area contributed by atoms with Crippen LogP contribution in [0.3, 0.4) is 0 Å². The number of benzene rings is 2. The van der Waals surface area contributed by atoms with Crippen molar-refractivity contribution >= 4 is 47.1 Å². The second kappa shape index (κ2) is 8.11. The van der Waals surface area contributed by atoms with E-state index in [4.69, 9.17) is 22.1 Å². The minimum atomic E-state index is -0.972. The van der Waals surface area contributed by atoms with Crippen LogP contribution in [0.1, 0.15) is 5.56 Å². The van der Waals surface area contributed by atoms with E-state index < -0.39 is 36.2 Å². The molecular weight excluding hydrogens is 405 g/mol. The van der Waals surface area contributed by atoms with Crippen LogP contribution in [0.25, 0.3) is 6.08 Å². The summed E-state index contributed by atoms with van der Waals surface area (Å²) >= 11 is 5.97. The molecule has 1 saturated heterocycles. The van der Waals surface area contributed by atoms with Crippen LogP contribution in [0.4, 0.5) is 14.9 Å². The van der Waals surface area contributed by atoms with Gasteiger partial charge in [-0.1, -0.05) is 11.6 Å². The van der Waals surface area contributed by atoms with Gasteiger partial charge in [-0.05, 0) is 48.5 Å². The molecule has 8 nitrogen and oxygen atoms in total. The normalized spacial score (nSPS) is 15.4. The van der Waals surface area contributed by atoms with E-state index in [2.05, 4.69) is 0 Å². The molecule has 1 aliphatic rings. The van der Waals surface area contributed by atoms with E-state index in [1.165, 1.54) is 36.4 Å². The van der Waals surface area contributed by atoms with Crippen molar-refractivity contribution in [2.24, 2.45) is 5.73 Å². The largest absolute Gasteiger partial charge is 0.483 e. The lowest BCUT2D eigenvalue weighted by Gasteiger charge is -2.26. The monoisotopic (exact) mass is 417 g/mol. The first kappa shape index (κ1) is 20.0. The minimum Gasteiger partial charge on any atom is -0.483 e. The van der Waals surface area contributed by atoms with Gasteiger partial charge in [0.1, 0.15) is 17.1 Å². The zero-order valence-corrected chi connectivity index (χ0v) is 15.4. The zero-order valence-electron chi connectivity index (χ0n) is 14.6. The number of hydrogen-bond acceptors (Lipinski definition) is 5. The second-order valence-electron chi connectivity index (χ2n) is 5.87. The number of carbonyl (C=O) groups is 4. The number of nitrogens with two attached hydrogens (primary N) is 1. The number of rotatable bonds is 5. The summed E-state index contributed by atoms with van der Waals surface area (Å²) in [5.41, 5.74) is 4.96. The van der Waals surface area contributed by atoms with Crippen LogP contribution < -0.4 is 20.7 Å². The molecule has 0 radical (unpaired) electrons. The molecule has 0 aliphatic carbocycles. The molecule has 2 aromatic carbocycles. The van der Waals surface area contributed by atoms with Crippen molar-refractivity contribution in [2.75, 3.05) is 11.5 Å². The van der Waals surface area contributed by atoms with E-state index in [1.54, 1.807) is 0 Å². The maximum absolute atomic E-state index is 13.2. The fourth-order valence-electron chi connectivity index (χ4n) is 2.55. The standard InChI is InChI=1S/C19H13ClFN3O5/c20-11-1-6-15(29-9-16(22)25)10(7-11)8-14-17(26)23-19(28)24(18(14)27)13-4-2-12(21)3-5-13/h1-8H,9H2,(H2,22,25)(H,23,26,28)/b14-8+. The Bertz CT molecular complexity index is 1050. The van der Waals surface area contributed by atoms with Gasteiger partial charge in [-0.3, -0.25) is 19.7 Å². The highest BCUT2D eigenvalue weighted by Gasteiger charge is 2.37. The highest BCUT2D eigenvalue weighted by Crippen LogP contribution is 2.28. The topological polar surface area (TPSA) is 119 Å². The van der Waals surface area contributed by atoms with Crippen molar-refractivity contribution in [1.82, 2.24) is 5.32 Å². The minimum absolute atomic E-state index is 0.0728. The Hall–Kier alpha value is -3.72. The Kier molecular flexibility index (Phi) is 5.60. The fraction of sp³-hybridized carbons (Fsp3) is 0.0526.